The van der Waals surface area contributed by atoms with Crippen LogP contribution >= 0.6 is 0 Å². The summed E-state index contributed by atoms with van der Waals surface area (Å²) in [6, 6.07) is 7.51. The van der Waals surface area contributed by atoms with E-state index in [1.54, 1.807) is 18.6 Å². The van der Waals surface area contributed by atoms with E-state index in [0.29, 0.717) is 16.8 Å². The topological polar surface area (TPSA) is 48.3 Å². The van der Waals surface area contributed by atoms with Crippen LogP contribution < -0.4 is 0 Å². The van der Waals surface area contributed by atoms with E-state index in [1.807, 2.05) is 24.3 Å². The van der Waals surface area contributed by atoms with Crippen LogP contribution in [-0.4, -0.2) is 23.2 Å². The van der Waals surface area contributed by atoms with Crippen LogP contribution in [0.5, 0.6) is 0 Å². The number of aromatic nitrogens is 1. The Morgan fingerprint density at radius 3 is 2.68 bits per heavy atom. The van der Waals surface area contributed by atoms with Crippen molar-refractivity contribution >= 4 is 22.5 Å². The molecule has 1 aliphatic carbocycles. The fourth-order valence-electron chi connectivity index (χ4n) is 2.58. The summed E-state index contributed by atoms with van der Waals surface area (Å²) in [5.41, 5.74) is 2.26. The van der Waals surface area contributed by atoms with Crippen molar-refractivity contribution in [1.29, 1.82) is 0 Å². The SMILES string of the molecule is COCn1c2c(c3ccccc31)C(=O)C(C)=CC2=O. The van der Waals surface area contributed by atoms with Gasteiger partial charge in [0, 0.05) is 18.1 Å². The maximum absolute atomic E-state index is 12.3. The zero-order valence-electron chi connectivity index (χ0n) is 10.8. The molecule has 0 spiro atoms. The normalized spacial score (nSPS) is 14.7. The Balaban J connectivity index is 2.43. The fraction of sp³-hybridized carbons (Fsp3) is 0.200. The maximum atomic E-state index is 12.3. The van der Waals surface area contributed by atoms with Crippen molar-refractivity contribution in [2.45, 2.75) is 13.7 Å². The molecule has 1 heterocycles. The highest BCUT2D eigenvalue weighted by atomic mass is 16.5. The van der Waals surface area contributed by atoms with Gasteiger partial charge in [-0.05, 0) is 19.1 Å². The third-order valence-electron chi connectivity index (χ3n) is 3.40. The predicted molar refractivity (Wildman–Crippen MR) is 71.4 cm³/mol. The molecule has 0 saturated carbocycles. The van der Waals surface area contributed by atoms with E-state index < -0.39 is 0 Å². The number of carbonyl (C=O) groups excluding carboxylic acids is 2. The number of benzene rings is 1. The highest BCUT2D eigenvalue weighted by Gasteiger charge is 2.30. The van der Waals surface area contributed by atoms with Crippen molar-refractivity contribution < 1.29 is 14.3 Å². The summed E-state index contributed by atoms with van der Waals surface area (Å²) >= 11 is 0. The summed E-state index contributed by atoms with van der Waals surface area (Å²) in [4.78, 5) is 24.5. The highest BCUT2D eigenvalue weighted by molar-refractivity contribution is 6.28. The third kappa shape index (κ3) is 1.57. The van der Waals surface area contributed by atoms with E-state index in [9.17, 15) is 9.59 Å². The number of ether oxygens (including phenoxy) is 1. The van der Waals surface area contributed by atoms with Gasteiger partial charge in [0.2, 0.25) is 5.78 Å². The van der Waals surface area contributed by atoms with E-state index in [-0.39, 0.29) is 18.3 Å². The number of methoxy groups -OCH3 is 1. The van der Waals surface area contributed by atoms with Gasteiger partial charge >= 0.3 is 0 Å². The molecule has 0 bridgehead atoms. The van der Waals surface area contributed by atoms with Crippen molar-refractivity contribution in [1.82, 2.24) is 4.57 Å². The first-order valence-electron chi connectivity index (χ1n) is 6.02. The molecule has 19 heavy (non-hydrogen) atoms. The molecule has 1 aromatic carbocycles. The maximum Gasteiger partial charge on any atom is 0.203 e. The molecule has 2 aromatic rings. The summed E-state index contributed by atoms with van der Waals surface area (Å²) in [7, 11) is 1.57. The average Bonchev–Trinajstić information content (AvgIpc) is 2.72. The van der Waals surface area contributed by atoms with Gasteiger partial charge in [-0.25, -0.2) is 0 Å². The smallest absolute Gasteiger partial charge is 0.203 e. The van der Waals surface area contributed by atoms with E-state index >= 15 is 0 Å². The number of hydrogen-bond acceptors (Lipinski definition) is 3. The van der Waals surface area contributed by atoms with Gasteiger partial charge in [0.15, 0.2) is 5.78 Å². The minimum Gasteiger partial charge on any atom is -0.364 e. The van der Waals surface area contributed by atoms with Gasteiger partial charge in [-0.1, -0.05) is 18.2 Å². The molecule has 96 valence electrons. The first-order valence-corrected chi connectivity index (χ1v) is 6.02. The molecule has 4 heteroatoms. The van der Waals surface area contributed by atoms with Gasteiger partial charge in [-0.2, -0.15) is 0 Å². The Morgan fingerprint density at radius 1 is 1.21 bits per heavy atom. The van der Waals surface area contributed by atoms with E-state index in [4.69, 9.17) is 4.74 Å². The number of nitrogens with zero attached hydrogens (tertiary/aromatic N) is 1. The number of rotatable bonds is 2. The largest absolute Gasteiger partial charge is 0.364 e. The number of ketones is 2. The second-order valence-corrected chi connectivity index (χ2v) is 4.61. The quantitative estimate of drug-likeness (QED) is 0.828. The Bertz CT molecular complexity index is 737. The van der Waals surface area contributed by atoms with Crippen LogP contribution in [0.25, 0.3) is 10.9 Å². The highest BCUT2D eigenvalue weighted by Crippen LogP contribution is 2.31. The van der Waals surface area contributed by atoms with Crippen LogP contribution in [0.15, 0.2) is 35.9 Å². The molecule has 3 rings (SSSR count). The van der Waals surface area contributed by atoms with Crippen LogP contribution in [0.1, 0.15) is 27.8 Å². The Morgan fingerprint density at radius 2 is 1.95 bits per heavy atom. The fourth-order valence-corrected chi connectivity index (χ4v) is 2.58. The van der Waals surface area contributed by atoms with Crippen LogP contribution in [0, 0.1) is 0 Å². The zero-order chi connectivity index (χ0) is 13.6. The van der Waals surface area contributed by atoms with E-state index in [1.165, 1.54) is 6.08 Å². The van der Waals surface area contributed by atoms with E-state index in [2.05, 4.69) is 0 Å². The number of para-hydroxylation sites is 1. The first-order chi connectivity index (χ1) is 9.15. The lowest BCUT2D eigenvalue weighted by Crippen LogP contribution is -2.18. The van der Waals surface area contributed by atoms with Crippen molar-refractivity contribution in [3.05, 3.63) is 47.2 Å². The molecule has 1 aliphatic rings. The lowest BCUT2D eigenvalue weighted by Gasteiger charge is -2.12. The lowest BCUT2D eigenvalue weighted by atomic mass is 9.93. The molecular formula is C15H13NO3. The van der Waals surface area contributed by atoms with Gasteiger partial charge in [0.25, 0.3) is 0 Å². The van der Waals surface area contributed by atoms with Gasteiger partial charge in [-0.3, -0.25) is 9.59 Å². The Hall–Kier alpha value is -2.20. The van der Waals surface area contributed by atoms with Crippen molar-refractivity contribution in [3.8, 4) is 0 Å². The monoisotopic (exact) mass is 255 g/mol. The van der Waals surface area contributed by atoms with E-state index in [0.717, 1.165) is 10.9 Å². The van der Waals surface area contributed by atoms with Gasteiger partial charge in [0.1, 0.15) is 12.4 Å². The Labute approximate surface area is 110 Å². The lowest BCUT2D eigenvalue weighted by molar-refractivity contribution is 0.0958. The summed E-state index contributed by atoms with van der Waals surface area (Å²) < 4.78 is 6.91. The number of fused-ring (bicyclic) bond motifs is 3. The van der Waals surface area contributed by atoms with Crippen LogP contribution in [-0.2, 0) is 11.5 Å². The molecule has 0 fully saturated rings. The first kappa shape index (κ1) is 11.9. The summed E-state index contributed by atoms with van der Waals surface area (Å²) in [5, 5.41) is 0.806. The van der Waals surface area contributed by atoms with Gasteiger partial charge in [0.05, 0.1) is 11.1 Å². The number of hydrogen-bond donors (Lipinski definition) is 0. The molecule has 1 aromatic heterocycles. The molecular weight excluding hydrogens is 242 g/mol. The van der Waals surface area contributed by atoms with Gasteiger partial charge in [-0.15, -0.1) is 0 Å². The zero-order valence-corrected chi connectivity index (χ0v) is 10.8. The van der Waals surface area contributed by atoms with Gasteiger partial charge < -0.3 is 9.30 Å². The molecule has 0 amide bonds. The van der Waals surface area contributed by atoms with Crippen LogP contribution in [0.4, 0.5) is 0 Å². The number of Topliss-reactive ketones (excluding diaryl/α,β-unsaturated/α-hetero) is 1. The molecule has 0 saturated heterocycles. The summed E-state index contributed by atoms with van der Waals surface area (Å²) in [5.74, 6) is -0.221. The van der Waals surface area contributed by atoms with Crippen molar-refractivity contribution in [2.75, 3.05) is 7.11 Å². The second kappa shape index (κ2) is 4.17. The molecule has 0 aliphatic heterocycles. The van der Waals surface area contributed by atoms with Crippen molar-refractivity contribution in [3.63, 3.8) is 0 Å². The molecule has 4 nitrogen and oxygen atoms in total. The average molecular weight is 255 g/mol. The molecule has 0 atom stereocenters. The van der Waals surface area contributed by atoms with Crippen molar-refractivity contribution in [2.24, 2.45) is 0 Å². The molecule has 0 N–H and O–H groups in total. The minimum atomic E-state index is -0.139. The standard InChI is InChI=1S/C15H13NO3/c1-9-7-12(17)14-13(15(9)18)10-5-3-4-6-11(10)16(14)8-19-2/h3-7H,8H2,1-2H3. The van der Waals surface area contributed by atoms with Crippen LogP contribution in [0.3, 0.4) is 0 Å². The number of allylic oxidation sites excluding steroid dienone is 2. The Kier molecular flexibility index (Phi) is 2.61. The summed E-state index contributed by atoms with van der Waals surface area (Å²) in [6.07, 6.45) is 1.40. The minimum absolute atomic E-state index is 0.0827. The third-order valence-corrected chi connectivity index (χ3v) is 3.40. The van der Waals surface area contributed by atoms with Crippen LogP contribution in [0.2, 0.25) is 0 Å². The second-order valence-electron chi connectivity index (χ2n) is 4.61. The molecule has 0 unspecified atom stereocenters. The molecule has 0 radical (unpaired) electrons. The summed E-state index contributed by atoms with van der Waals surface area (Å²) in [6.45, 7) is 1.92. The number of carbonyl (C=O) groups is 2. The predicted octanol–water partition coefficient (Wildman–Crippen LogP) is 2.57.